The molecular formula is C20H33N5O. The highest BCUT2D eigenvalue weighted by Crippen LogP contribution is 2.20. The van der Waals surface area contributed by atoms with Gasteiger partial charge in [0.2, 0.25) is 5.91 Å². The topological polar surface area (TPSA) is 74.0 Å². The van der Waals surface area contributed by atoms with Gasteiger partial charge in [-0.15, -0.1) is 0 Å². The maximum atomic E-state index is 11.2. The van der Waals surface area contributed by atoms with Crippen LogP contribution in [0.25, 0.3) is 0 Å². The van der Waals surface area contributed by atoms with Crippen LogP contribution >= 0.6 is 0 Å². The Kier molecular flexibility index (Phi) is 7.75. The van der Waals surface area contributed by atoms with E-state index in [0.717, 1.165) is 38.4 Å². The number of hydrogen-bond acceptors (Lipinski definition) is 3. The number of guanidine groups is 1. The quantitative estimate of drug-likeness (QED) is 0.577. The molecule has 0 radical (unpaired) electrons. The molecule has 1 amide bonds. The van der Waals surface area contributed by atoms with E-state index in [0.29, 0.717) is 18.9 Å². The second-order valence-corrected chi connectivity index (χ2v) is 7.11. The number of rotatable bonds is 7. The molecular weight excluding hydrogens is 326 g/mol. The van der Waals surface area contributed by atoms with Gasteiger partial charge in [-0.05, 0) is 44.7 Å². The SMILES string of the molecule is CCNC(=NCC(C)N(C)c1ccccc1)N1CCCC(CC(N)=O)C1. The molecule has 6 heteroatoms. The van der Waals surface area contributed by atoms with Crippen molar-refractivity contribution in [3.05, 3.63) is 30.3 Å². The van der Waals surface area contributed by atoms with Gasteiger partial charge in [-0.3, -0.25) is 9.79 Å². The summed E-state index contributed by atoms with van der Waals surface area (Å²) in [7, 11) is 2.10. The number of nitrogens with zero attached hydrogens (tertiary/aromatic N) is 3. The van der Waals surface area contributed by atoms with Crippen LogP contribution in [0.15, 0.2) is 35.3 Å². The van der Waals surface area contributed by atoms with Crippen molar-refractivity contribution < 1.29 is 4.79 Å². The molecule has 1 heterocycles. The van der Waals surface area contributed by atoms with Crippen LogP contribution in [0.2, 0.25) is 0 Å². The summed E-state index contributed by atoms with van der Waals surface area (Å²) in [6.07, 6.45) is 2.59. The Hall–Kier alpha value is -2.24. The van der Waals surface area contributed by atoms with Gasteiger partial charge < -0.3 is 20.9 Å². The van der Waals surface area contributed by atoms with E-state index in [1.54, 1.807) is 0 Å². The number of para-hydroxylation sites is 1. The molecule has 26 heavy (non-hydrogen) atoms. The van der Waals surface area contributed by atoms with Crippen LogP contribution in [0.1, 0.15) is 33.1 Å². The Labute approximate surface area is 157 Å². The summed E-state index contributed by atoms with van der Waals surface area (Å²) in [5, 5.41) is 3.40. The number of likely N-dealkylation sites (N-methyl/N-ethyl adjacent to an activating group) is 1. The normalized spacial score (nSPS) is 19.1. The third-order valence-electron chi connectivity index (χ3n) is 4.97. The second kappa shape index (κ2) is 10.0. The first-order valence-electron chi connectivity index (χ1n) is 9.60. The highest BCUT2D eigenvalue weighted by molar-refractivity contribution is 5.80. The summed E-state index contributed by atoms with van der Waals surface area (Å²) in [6, 6.07) is 10.7. The van der Waals surface area contributed by atoms with Crippen molar-refractivity contribution in [1.82, 2.24) is 10.2 Å². The molecule has 3 N–H and O–H groups in total. The van der Waals surface area contributed by atoms with Crippen molar-refractivity contribution in [1.29, 1.82) is 0 Å². The van der Waals surface area contributed by atoms with E-state index >= 15 is 0 Å². The standard InChI is InChI=1S/C20H33N5O/c1-4-22-20(25-12-8-9-17(15-25)13-19(21)26)23-14-16(2)24(3)18-10-6-5-7-11-18/h5-7,10-11,16-17H,4,8-9,12-15H2,1-3H3,(H2,21,26)(H,22,23). The van der Waals surface area contributed by atoms with Gasteiger partial charge in [-0.2, -0.15) is 0 Å². The average Bonchev–Trinajstić information content (AvgIpc) is 2.64. The van der Waals surface area contributed by atoms with E-state index in [1.165, 1.54) is 5.69 Å². The number of hydrogen-bond donors (Lipinski definition) is 2. The minimum Gasteiger partial charge on any atom is -0.370 e. The zero-order chi connectivity index (χ0) is 18.9. The zero-order valence-corrected chi connectivity index (χ0v) is 16.3. The minimum absolute atomic E-state index is 0.211. The molecule has 0 aromatic heterocycles. The third kappa shape index (κ3) is 5.93. The van der Waals surface area contributed by atoms with Gasteiger partial charge in [-0.25, -0.2) is 0 Å². The van der Waals surface area contributed by atoms with E-state index < -0.39 is 0 Å². The maximum absolute atomic E-state index is 11.2. The number of carbonyl (C=O) groups is 1. The van der Waals surface area contributed by atoms with Gasteiger partial charge in [-0.1, -0.05) is 18.2 Å². The van der Waals surface area contributed by atoms with Gasteiger partial charge in [0.15, 0.2) is 5.96 Å². The van der Waals surface area contributed by atoms with Gasteiger partial charge in [0.05, 0.1) is 6.54 Å². The molecule has 1 aromatic carbocycles. The molecule has 1 aromatic rings. The van der Waals surface area contributed by atoms with E-state index in [9.17, 15) is 4.79 Å². The van der Waals surface area contributed by atoms with Crippen LogP contribution in [0.4, 0.5) is 5.69 Å². The molecule has 1 aliphatic rings. The molecule has 0 spiro atoms. The van der Waals surface area contributed by atoms with Crippen molar-refractivity contribution >= 4 is 17.6 Å². The van der Waals surface area contributed by atoms with E-state index in [-0.39, 0.29) is 11.9 Å². The molecule has 1 saturated heterocycles. The van der Waals surface area contributed by atoms with Crippen molar-refractivity contribution in [3.63, 3.8) is 0 Å². The Balaban J connectivity index is 2.00. The van der Waals surface area contributed by atoms with Crippen molar-refractivity contribution in [2.45, 2.75) is 39.2 Å². The fraction of sp³-hybridized carbons (Fsp3) is 0.600. The second-order valence-electron chi connectivity index (χ2n) is 7.11. The number of carbonyl (C=O) groups excluding carboxylic acids is 1. The highest BCUT2D eigenvalue weighted by Gasteiger charge is 2.23. The molecule has 2 atom stereocenters. The number of nitrogens with one attached hydrogen (secondary N) is 1. The van der Waals surface area contributed by atoms with Crippen LogP contribution in [0.3, 0.4) is 0 Å². The van der Waals surface area contributed by atoms with Crippen LogP contribution in [0.5, 0.6) is 0 Å². The van der Waals surface area contributed by atoms with Crippen molar-refractivity contribution in [3.8, 4) is 0 Å². The van der Waals surface area contributed by atoms with Gasteiger partial charge >= 0.3 is 0 Å². The fourth-order valence-corrected chi connectivity index (χ4v) is 3.39. The van der Waals surface area contributed by atoms with E-state index in [1.807, 2.05) is 6.07 Å². The molecule has 6 nitrogen and oxygen atoms in total. The predicted octanol–water partition coefficient (Wildman–Crippen LogP) is 2.06. The number of likely N-dealkylation sites (tertiary alicyclic amines) is 1. The van der Waals surface area contributed by atoms with Crippen LogP contribution in [0, 0.1) is 5.92 Å². The van der Waals surface area contributed by atoms with Crippen LogP contribution in [-0.4, -0.2) is 56.0 Å². The smallest absolute Gasteiger partial charge is 0.217 e. The summed E-state index contributed by atoms with van der Waals surface area (Å²) in [5.74, 6) is 1.06. The Bertz CT molecular complexity index is 589. The molecule has 2 rings (SSSR count). The zero-order valence-electron chi connectivity index (χ0n) is 16.3. The number of benzene rings is 1. The van der Waals surface area contributed by atoms with Crippen LogP contribution in [-0.2, 0) is 4.79 Å². The Morgan fingerprint density at radius 1 is 1.42 bits per heavy atom. The summed E-state index contributed by atoms with van der Waals surface area (Å²) < 4.78 is 0. The van der Waals surface area contributed by atoms with Gasteiger partial charge in [0.1, 0.15) is 0 Å². The summed E-state index contributed by atoms with van der Waals surface area (Å²) in [6.45, 7) is 7.64. The fourth-order valence-electron chi connectivity index (χ4n) is 3.39. The first kappa shape index (κ1) is 20.1. The first-order valence-corrected chi connectivity index (χ1v) is 9.60. The summed E-state index contributed by atoms with van der Waals surface area (Å²) >= 11 is 0. The number of piperidine rings is 1. The number of nitrogens with two attached hydrogens (primary N) is 1. The summed E-state index contributed by atoms with van der Waals surface area (Å²) in [4.78, 5) is 20.6. The lowest BCUT2D eigenvalue weighted by Crippen LogP contribution is -2.47. The van der Waals surface area contributed by atoms with Crippen molar-refractivity contribution in [2.24, 2.45) is 16.6 Å². The van der Waals surface area contributed by atoms with E-state index in [2.05, 4.69) is 60.3 Å². The maximum Gasteiger partial charge on any atom is 0.217 e. The van der Waals surface area contributed by atoms with Gasteiger partial charge in [0, 0.05) is 44.8 Å². The number of anilines is 1. The molecule has 0 aliphatic carbocycles. The number of aliphatic imine (C=N–C) groups is 1. The van der Waals surface area contributed by atoms with Crippen LogP contribution < -0.4 is 16.0 Å². The average molecular weight is 360 g/mol. The minimum atomic E-state index is -0.211. The molecule has 1 fully saturated rings. The molecule has 0 bridgehead atoms. The molecule has 1 aliphatic heterocycles. The van der Waals surface area contributed by atoms with Gasteiger partial charge in [0.25, 0.3) is 0 Å². The molecule has 2 unspecified atom stereocenters. The first-order chi connectivity index (χ1) is 12.5. The molecule has 0 saturated carbocycles. The lowest BCUT2D eigenvalue weighted by Gasteiger charge is -2.35. The summed E-state index contributed by atoms with van der Waals surface area (Å²) in [5.41, 5.74) is 6.58. The Morgan fingerprint density at radius 2 is 2.15 bits per heavy atom. The number of amides is 1. The largest absolute Gasteiger partial charge is 0.370 e. The van der Waals surface area contributed by atoms with Crippen molar-refractivity contribution in [2.75, 3.05) is 38.1 Å². The lowest BCUT2D eigenvalue weighted by atomic mass is 9.95. The predicted molar refractivity (Wildman–Crippen MR) is 108 cm³/mol. The number of primary amides is 1. The Morgan fingerprint density at radius 3 is 2.81 bits per heavy atom. The monoisotopic (exact) mass is 359 g/mol. The van der Waals surface area contributed by atoms with E-state index in [4.69, 9.17) is 10.7 Å². The third-order valence-corrected chi connectivity index (χ3v) is 4.97. The lowest BCUT2D eigenvalue weighted by molar-refractivity contribution is -0.119. The molecule has 144 valence electrons. The highest BCUT2D eigenvalue weighted by atomic mass is 16.1.